The average molecular weight is 281 g/mol. The Hall–Kier alpha value is -3.07. The van der Waals surface area contributed by atoms with Gasteiger partial charge < -0.3 is 14.1 Å². The van der Waals surface area contributed by atoms with Crippen molar-refractivity contribution in [2.75, 3.05) is 0 Å². The van der Waals surface area contributed by atoms with E-state index in [4.69, 9.17) is 14.8 Å². The first-order valence-corrected chi connectivity index (χ1v) is 6.31. The van der Waals surface area contributed by atoms with Crippen LogP contribution in [0.2, 0.25) is 0 Å². The molecule has 3 rings (SSSR count). The number of nitrogens with zero attached hydrogens (tertiary/aromatic N) is 3. The van der Waals surface area contributed by atoms with Crippen LogP contribution in [0, 0.1) is 11.3 Å². The monoisotopic (exact) mass is 281 g/mol. The molecular weight excluding hydrogens is 270 g/mol. The molecule has 0 amide bonds. The topological polar surface area (TPSA) is 92.0 Å². The highest BCUT2D eigenvalue weighted by molar-refractivity contribution is 5.86. The first-order chi connectivity index (χ1) is 10.2. The quantitative estimate of drug-likeness (QED) is 0.793. The van der Waals surface area contributed by atoms with Gasteiger partial charge in [-0.2, -0.15) is 5.26 Å². The van der Waals surface area contributed by atoms with Crippen LogP contribution in [0.15, 0.2) is 41.0 Å². The van der Waals surface area contributed by atoms with Crippen molar-refractivity contribution in [3.8, 4) is 6.07 Å². The number of hydrogen-bond acceptors (Lipinski definition) is 4. The Labute approximate surface area is 119 Å². The van der Waals surface area contributed by atoms with Gasteiger partial charge in [0.15, 0.2) is 0 Å². The van der Waals surface area contributed by atoms with Gasteiger partial charge in [0.25, 0.3) is 0 Å². The van der Waals surface area contributed by atoms with E-state index < -0.39 is 5.97 Å². The van der Waals surface area contributed by atoms with Crippen LogP contribution in [0.25, 0.3) is 11.0 Å². The molecule has 0 saturated heterocycles. The molecule has 2 heterocycles. The van der Waals surface area contributed by atoms with Crippen LogP contribution in [0.3, 0.4) is 0 Å². The SMILES string of the molecule is N#CCc1nc2ccccc2n1Cc1ccoc1C(=O)O. The predicted molar refractivity (Wildman–Crippen MR) is 73.8 cm³/mol. The van der Waals surface area contributed by atoms with Gasteiger partial charge >= 0.3 is 5.97 Å². The maximum absolute atomic E-state index is 11.1. The Balaban J connectivity index is 2.11. The van der Waals surface area contributed by atoms with E-state index in [1.165, 1.54) is 6.26 Å². The van der Waals surface area contributed by atoms with Crippen LogP contribution >= 0.6 is 0 Å². The van der Waals surface area contributed by atoms with Gasteiger partial charge in [0.1, 0.15) is 5.82 Å². The number of aromatic carboxylic acids is 1. The van der Waals surface area contributed by atoms with Crippen LogP contribution < -0.4 is 0 Å². The maximum Gasteiger partial charge on any atom is 0.372 e. The molecule has 0 unspecified atom stereocenters. The number of fused-ring (bicyclic) bond motifs is 1. The molecule has 0 saturated carbocycles. The molecule has 0 aliphatic heterocycles. The van der Waals surface area contributed by atoms with Crippen LogP contribution in [0.5, 0.6) is 0 Å². The summed E-state index contributed by atoms with van der Waals surface area (Å²) in [5.74, 6) is -0.590. The van der Waals surface area contributed by atoms with Crippen molar-refractivity contribution < 1.29 is 14.3 Å². The Morgan fingerprint density at radius 2 is 2.19 bits per heavy atom. The summed E-state index contributed by atoms with van der Waals surface area (Å²) in [6.45, 7) is 0.301. The van der Waals surface area contributed by atoms with Gasteiger partial charge in [-0.1, -0.05) is 12.1 Å². The summed E-state index contributed by atoms with van der Waals surface area (Å²) < 4.78 is 6.83. The van der Waals surface area contributed by atoms with Gasteiger partial charge in [-0.15, -0.1) is 0 Å². The zero-order valence-corrected chi connectivity index (χ0v) is 11.0. The van der Waals surface area contributed by atoms with Crippen LogP contribution in [-0.4, -0.2) is 20.6 Å². The first kappa shape index (κ1) is 12.9. The predicted octanol–water partition coefficient (Wildman–Crippen LogP) is 2.44. The zero-order valence-electron chi connectivity index (χ0n) is 11.0. The molecule has 0 radical (unpaired) electrons. The molecule has 0 spiro atoms. The van der Waals surface area contributed by atoms with Gasteiger partial charge in [-0.3, -0.25) is 0 Å². The average Bonchev–Trinajstić information content (AvgIpc) is 3.06. The Kier molecular flexibility index (Phi) is 3.16. The van der Waals surface area contributed by atoms with E-state index in [9.17, 15) is 4.79 Å². The maximum atomic E-state index is 11.1. The van der Waals surface area contributed by atoms with Crippen molar-refractivity contribution in [2.45, 2.75) is 13.0 Å². The molecule has 21 heavy (non-hydrogen) atoms. The minimum absolute atomic E-state index is 0.0873. The lowest BCUT2D eigenvalue weighted by molar-refractivity contribution is 0.0660. The van der Waals surface area contributed by atoms with E-state index in [1.54, 1.807) is 6.07 Å². The summed E-state index contributed by atoms with van der Waals surface area (Å²) in [6.07, 6.45) is 1.51. The van der Waals surface area contributed by atoms with Crippen LogP contribution in [-0.2, 0) is 13.0 Å². The summed E-state index contributed by atoms with van der Waals surface area (Å²) >= 11 is 0. The smallest absolute Gasteiger partial charge is 0.372 e. The molecule has 1 N–H and O–H groups in total. The standard InChI is InChI=1S/C15H11N3O3/c16-7-5-13-17-11-3-1-2-4-12(11)18(13)9-10-6-8-21-14(10)15(19)20/h1-4,6,8H,5,9H2,(H,19,20). The third kappa shape index (κ3) is 2.25. The number of carbonyl (C=O) groups is 1. The van der Waals surface area contributed by atoms with Crippen molar-refractivity contribution >= 4 is 17.0 Å². The number of benzene rings is 1. The molecule has 104 valence electrons. The van der Waals surface area contributed by atoms with E-state index in [2.05, 4.69) is 11.1 Å². The molecular formula is C15H11N3O3. The number of furan rings is 1. The minimum atomic E-state index is -1.11. The molecule has 1 aromatic carbocycles. The van der Waals surface area contributed by atoms with Crippen molar-refractivity contribution in [3.63, 3.8) is 0 Å². The summed E-state index contributed by atoms with van der Waals surface area (Å²) in [4.78, 5) is 15.5. The molecule has 2 aromatic heterocycles. The fraction of sp³-hybridized carbons (Fsp3) is 0.133. The number of rotatable bonds is 4. The summed E-state index contributed by atoms with van der Waals surface area (Å²) in [7, 11) is 0. The summed E-state index contributed by atoms with van der Waals surface area (Å²) in [6, 6.07) is 11.2. The van der Waals surface area contributed by atoms with Gasteiger partial charge in [0, 0.05) is 5.56 Å². The van der Waals surface area contributed by atoms with Gasteiger partial charge in [-0.05, 0) is 18.2 Å². The molecule has 3 aromatic rings. The molecule has 6 heteroatoms. The number of nitriles is 1. The Bertz CT molecular complexity index is 855. The first-order valence-electron chi connectivity index (χ1n) is 6.31. The number of carboxylic acid groups (broad SMARTS) is 1. The highest BCUT2D eigenvalue weighted by atomic mass is 16.4. The number of para-hydroxylation sites is 2. The number of aromatic nitrogens is 2. The normalized spacial score (nSPS) is 10.6. The largest absolute Gasteiger partial charge is 0.475 e. The van der Waals surface area contributed by atoms with Gasteiger partial charge in [-0.25, -0.2) is 9.78 Å². The number of hydrogen-bond donors (Lipinski definition) is 1. The minimum Gasteiger partial charge on any atom is -0.475 e. The Morgan fingerprint density at radius 3 is 2.95 bits per heavy atom. The number of imidazole rings is 1. The molecule has 0 fully saturated rings. The van der Waals surface area contributed by atoms with E-state index >= 15 is 0 Å². The molecule has 0 bridgehead atoms. The van der Waals surface area contributed by atoms with E-state index in [-0.39, 0.29) is 12.2 Å². The van der Waals surface area contributed by atoms with Gasteiger partial charge in [0.2, 0.25) is 5.76 Å². The number of carboxylic acids is 1. The highest BCUT2D eigenvalue weighted by Gasteiger charge is 2.17. The fourth-order valence-electron chi connectivity index (χ4n) is 2.33. The van der Waals surface area contributed by atoms with E-state index in [0.29, 0.717) is 17.9 Å². The third-order valence-electron chi connectivity index (χ3n) is 3.24. The Morgan fingerprint density at radius 1 is 1.38 bits per heavy atom. The van der Waals surface area contributed by atoms with Crippen molar-refractivity contribution in [1.29, 1.82) is 5.26 Å². The second kappa shape index (κ2) is 5.13. The third-order valence-corrected chi connectivity index (χ3v) is 3.24. The van der Waals surface area contributed by atoms with Crippen LogP contribution in [0.4, 0.5) is 0 Å². The van der Waals surface area contributed by atoms with E-state index in [0.717, 1.165) is 11.0 Å². The summed E-state index contributed by atoms with van der Waals surface area (Å²) in [5.41, 5.74) is 2.19. The molecule has 6 nitrogen and oxygen atoms in total. The lowest BCUT2D eigenvalue weighted by Crippen LogP contribution is -2.07. The molecule has 0 aliphatic rings. The molecule has 0 atom stereocenters. The van der Waals surface area contributed by atoms with Crippen LogP contribution in [0.1, 0.15) is 21.9 Å². The van der Waals surface area contributed by atoms with Crippen molar-refractivity contribution in [3.05, 3.63) is 53.7 Å². The summed E-state index contributed by atoms with van der Waals surface area (Å²) in [5, 5.41) is 18.0. The lowest BCUT2D eigenvalue weighted by Gasteiger charge is -2.06. The van der Waals surface area contributed by atoms with Crippen molar-refractivity contribution in [1.82, 2.24) is 9.55 Å². The lowest BCUT2D eigenvalue weighted by atomic mass is 10.2. The van der Waals surface area contributed by atoms with Gasteiger partial charge in [0.05, 0.1) is 36.3 Å². The highest BCUT2D eigenvalue weighted by Crippen LogP contribution is 2.20. The second-order valence-electron chi connectivity index (χ2n) is 4.52. The van der Waals surface area contributed by atoms with E-state index in [1.807, 2.05) is 28.8 Å². The fourth-order valence-corrected chi connectivity index (χ4v) is 2.33. The molecule has 0 aliphatic carbocycles. The zero-order chi connectivity index (χ0) is 14.8. The van der Waals surface area contributed by atoms with Crippen molar-refractivity contribution in [2.24, 2.45) is 0 Å². The second-order valence-corrected chi connectivity index (χ2v) is 4.52.